The minimum absolute atomic E-state index is 0.197. The lowest BCUT2D eigenvalue weighted by Crippen LogP contribution is -2.15. The Bertz CT molecular complexity index is 209. The van der Waals surface area contributed by atoms with Gasteiger partial charge in [0.25, 0.3) is 0 Å². The van der Waals surface area contributed by atoms with E-state index in [9.17, 15) is 4.79 Å². The van der Waals surface area contributed by atoms with Crippen molar-refractivity contribution in [2.24, 2.45) is 0 Å². The first-order valence-electron chi connectivity index (χ1n) is 3.73. The summed E-state index contributed by atoms with van der Waals surface area (Å²) < 4.78 is 4.73. The first-order valence-corrected chi connectivity index (χ1v) is 3.73. The van der Waals surface area contributed by atoms with E-state index in [0.717, 1.165) is 0 Å². The van der Waals surface area contributed by atoms with E-state index in [1.54, 1.807) is 20.9 Å². The summed E-state index contributed by atoms with van der Waals surface area (Å²) in [7, 11) is 1.67. The molecule has 68 valence electrons. The highest BCUT2D eigenvalue weighted by molar-refractivity contribution is 6.17. The van der Waals surface area contributed by atoms with Gasteiger partial charge in [0.15, 0.2) is 0 Å². The van der Waals surface area contributed by atoms with Crippen molar-refractivity contribution >= 4 is 11.7 Å². The Balaban J connectivity index is 4.41. The van der Waals surface area contributed by atoms with Crippen molar-refractivity contribution < 1.29 is 9.53 Å². The van der Waals surface area contributed by atoms with Gasteiger partial charge in [-0.3, -0.25) is 0 Å². The molecular formula is C8H14N2O2. The topological polar surface area (TPSA) is 62.2 Å². The summed E-state index contributed by atoms with van der Waals surface area (Å²) in [6.07, 6.45) is 1.46. The fraction of sp³-hybridized carbons (Fsp3) is 0.500. The van der Waals surface area contributed by atoms with Crippen molar-refractivity contribution in [2.45, 2.75) is 13.8 Å². The van der Waals surface area contributed by atoms with Crippen LogP contribution in [0.3, 0.4) is 0 Å². The number of hydrogen-bond acceptors (Lipinski definition) is 4. The second-order valence-corrected chi connectivity index (χ2v) is 2.19. The van der Waals surface area contributed by atoms with Gasteiger partial charge in [0.1, 0.15) is 0 Å². The minimum atomic E-state index is -0.459. The summed E-state index contributed by atoms with van der Waals surface area (Å²) >= 11 is 0. The molecule has 0 aliphatic carbocycles. The molecule has 12 heavy (non-hydrogen) atoms. The van der Waals surface area contributed by atoms with Crippen LogP contribution < -0.4 is 5.32 Å². The highest BCUT2D eigenvalue weighted by Gasteiger charge is 2.11. The molecule has 0 bridgehead atoms. The SMILES string of the molecule is CCOC(=O)/C(=C/NC)C(C)=N. The molecule has 0 aromatic carbocycles. The lowest BCUT2D eigenvalue weighted by Gasteiger charge is -2.04. The molecule has 0 aliphatic heterocycles. The van der Waals surface area contributed by atoms with E-state index in [0.29, 0.717) is 6.61 Å². The molecule has 0 aromatic heterocycles. The maximum absolute atomic E-state index is 11.1. The van der Waals surface area contributed by atoms with Crippen LogP contribution in [0.1, 0.15) is 13.8 Å². The average Bonchev–Trinajstić information content (AvgIpc) is 1.99. The summed E-state index contributed by atoms with van der Waals surface area (Å²) in [6, 6.07) is 0. The summed E-state index contributed by atoms with van der Waals surface area (Å²) in [5.41, 5.74) is 0.460. The van der Waals surface area contributed by atoms with E-state index >= 15 is 0 Å². The van der Waals surface area contributed by atoms with Crippen LogP contribution in [0.2, 0.25) is 0 Å². The number of carbonyl (C=O) groups is 1. The zero-order chi connectivity index (χ0) is 9.56. The minimum Gasteiger partial charge on any atom is -0.462 e. The van der Waals surface area contributed by atoms with Gasteiger partial charge in [-0.15, -0.1) is 0 Å². The molecule has 0 fully saturated rings. The second-order valence-electron chi connectivity index (χ2n) is 2.19. The third kappa shape index (κ3) is 3.18. The van der Waals surface area contributed by atoms with E-state index in [-0.39, 0.29) is 11.3 Å². The third-order valence-corrected chi connectivity index (χ3v) is 1.19. The van der Waals surface area contributed by atoms with Crippen LogP contribution in [0.5, 0.6) is 0 Å². The van der Waals surface area contributed by atoms with Gasteiger partial charge in [0.05, 0.1) is 12.2 Å². The standard InChI is InChI=1S/C8H14N2O2/c1-4-12-8(11)7(5-10-3)6(2)9/h5,9-10H,4H2,1-3H3/b7-5+,9-6?. The molecular weight excluding hydrogens is 156 g/mol. The Labute approximate surface area is 72.1 Å². The van der Waals surface area contributed by atoms with Gasteiger partial charge in [-0.05, 0) is 13.8 Å². The van der Waals surface area contributed by atoms with Crippen molar-refractivity contribution in [3.63, 3.8) is 0 Å². The van der Waals surface area contributed by atoms with Crippen LogP contribution in [-0.4, -0.2) is 25.3 Å². The summed E-state index contributed by atoms with van der Waals surface area (Å²) in [5, 5.41) is 9.94. The predicted molar refractivity (Wildman–Crippen MR) is 47.2 cm³/mol. The predicted octanol–water partition coefficient (Wildman–Crippen LogP) is 0.692. The molecule has 0 heterocycles. The van der Waals surface area contributed by atoms with Crippen molar-refractivity contribution in [1.29, 1.82) is 5.41 Å². The van der Waals surface area contributed by atoms with Gasteiger partial charge >= 0.3 is 5.97 Å². The van der Waals surface area contributed by atoms with Crippen LogP contribution in [-0.2, 0) is 9.53 Å². The summed E-state index contributed by atoms with van der Waals surface area (Å²) in [6.45, 7) is 3.60. The molecule has 0 atom stereocenters. The maximum atomic E-state index is 11.1. The summed E-state index contributed by atoms with van der Waals surface area (Å²) in [4.78, 5) is 11.1. The van der Waals surface area contributed by atoms with E-state index in [1.165, 1.54) is 6.20 Å². The zero-order valence-electron chi connectivity index (χ0n) is 7.60. The molecule has 2 N–H and O–H groups in total. The largest absolute Gasteiger partial charge is 0.462 e. The second kappa shape index (κ2) is 5.35. The third-order valence-electron chi connectivity index (χ3n) is 1.19. The molecule has 0 rings (SSSR count). The fourth-order valence-electron chi connectivity index (χ4n) is 0.673. The van der Waals surface area contributed by atoms with Crippen molar-refractivity contribution in [3.05, 3.63) is 11.8 Å². The molecule has 0 spiro atoms. The van der Waals surface area contributed by atoms with Gasteiger partial charge in [-0.2, -0.15) is 0 Å². The molecule has 0 aromatic rings. The Morgan fingerprint density at radius 2 is 2.25 bits per heavy atom. The maximum Gasteiger partial charge on any atom is 0.341 e. The van der Waals surface area contributed by atoms with Crippen molar-refractivity contribution in [1.82, 2.24) is 5.32 Å². The molecule has 4 heteroatoms. The normalized spacial score (nSPS) is 10.8. The molecule has 0 aliphatic rings. The van der Waals surface area contributed by atoms with E-state index in [4.69, 9.17) is 10.1 Å². The number of carbonyl (C=O) groups excluding carboxylic acids is 1. The molecule has 0 unspecified atom stereocenters. The van der Waals surface area contributed by atoms with Crippen LogP contribution in [0, 0.1) is 5.41 Å². The molecule has 0 saturated carbocycles. The lowest BCUT2D eigenvalue weighted by atomic mass is 10.2. The Morgan fingerprint density at radius 1 is 1.67 bits per heavy atom. The van der Waals surface area contributed by atoms with Gasteiger partial charge in [-0.25, -0.2) is 4.79 Å². The summed E-state index contributed by atoms with van der Waals surface area (Å²) in [5.74, 6) is -0.459. The zero-order valence-corrected chi connectivity index (χ0v) is 7.60. The number of hydrogen-bond donors (Lipinski definition) is 2. The van der Waals surface area contributed by atoms with E-state index < -0.39 is 5.97 Å². The lowest BCUT2D eigenvalue weighted by molar-refractivity contribution is -0.137. The first kappa shape index (κ1) is 10.7. The van der Waals surface area contributed by atoms with Crippen LogP contribution >= 0.6 is 0 Å². The van der Waals surface area contributed by atoms with E-state index in [2.05, 4.69) is 5.32 Å². The number of nitrogens with one attached hydrogen (secondary N) is 2. The van der Waals surface area contributed by atoms with Crippen molar-refractivity contribution in [2.75, 3.05) is 13.7 Å². The van der Waals surface area contributed by atoms with Crippen molar-refractivity contribution in [3.8, 4) is 0 Å². The molecule has 0 amide bonds. The average molecular weight is 170 g/mol. The van der Waals surface area contributed by atoms with Gasteiger partial charge in [0.2, 0.25) is 0 Å². The Kier molecular flexibility index (Phi) is 4.76. The monoisotopic (exact) mass is 170 g/mol. The number of ether oxygens (including phenoxy) is 1. The highest BCUT2D eigenvalue weighted by atomic mass is 16.5. The highest BCUT2D eigenvalue weighted by Crippen LogP contribution is 1.98. The first-order chi connectivity index (χ1) is 5.63. The Hall–Kier alpha value is -1.32. The molecule has 0 saturated heterocycles. The van der Waals surface area contributed by atoms with Crippen LogP contribution in [0.25, 0.3) is 0 Å². The van der Waals surface area contributed by atoms with Crippen LogP contribution in [0.4, 0.5) is 0 Å². The van der Waals surface area contributed by atoms with Gasteiger partial charge in [-0.1, -0.05) is 0 Å². The van der Waals surface area contributed by atoms with Crippen LogP contribution in [0.15, 0.2) is 11.8 Å². The quantitative estimate of drug-likeness (QED) is 0.371. The van der Waals surface area contributed by atoms with Gasteiger partial charge in [0, 0.05) is 19.0 Å². The number of esters is 1. The van der Waals surface area contributed by atoms with Gasteiger partial charge < -0.3 is 15.5 Å². The molecule has 4 nitrogen and oxygen atoms in total. The molecule has 0 radical (unpaired) electrons. The smallest absolute Gasteiger partial charge is 0.341 e. The van der Waals surface area contributed by atoms with E-state index in [1.807, 2.05) is 0 Å². The fourth-order valence-corrected chi connectivity index (χ4v) is 0.673. The Morgan fingerprint density at radius 3 is 2.58 bits per heavy atom. The number of rotatable bonds is 4.